The maximum absolute atomic E-state index is 11.5. The summed E-state index contributed by atoms with van der Waals surface area (Å²) in [6, 6.07) is 17.0. The molecular weight excluding hydrogens is 338 g/mol. The number of halogens is 1. The highest BCUT2D eigenvalue weighted by Gasteiger charge is 2.16. The molecule has 4 rings (SSSR count). The number of amides is 1. The van der Waals surface area contributed by atoms with Gasteiger partial charge in [0.15, 0.2) is 6.61 Å². The number of hydrogen-bond donors (Lipinski definition) is 2. The van der Waals surface area contributed by atoms with Crippen LogP contribution >= 0.6 is 11.6 Å². The predicted molar refractivity (Wildman–Crippen MR) is 98.5 cm³/mol. The van der Waals surface area contributed by atoms with Gasteiger partial charge in [-0.05, 0) is 59.7 Å². The van der Waals surface area contributed by atoms with Gasteiger partial charge in [0.2, 0.25) is 0 Å². The Bertz CT molecular complexity index is 942. The molecule has 5 nitrogen and oxygen atoms in total. The molecule has 3 aromatic rings. The fraction of sp³-hybridized carbons (Fsp3) is 0.0526. The zero-order chi connectivity index (χ0) is 17.2. The third kappa shape index (κ3) is 3.41. The first-order valence-corrected chi connectivity index (χ1v) is 8.11. The number of fused-ring (bicyclic) bond motifs is 1. The molecular formula is C19H14ClN3O2. The monoisotopic (exact) mass is 351 g/mol. The normalized spacial score (nSPS) is 12.8. The van der Waals surface area contributed by atoms with Gasteiger partial charge >= 0.3 is 0 Å². The van der Waals surface area contributed by atoms with Gasteiger partial charge in [-0.15, -0.1) is 0 Å². The molecule has 1 aromatic heterocycles. The number of pyridine rings is 1. The molecule has 0 unspecified atom stereocenters. The molecule has 25 heavy (non-hydrogen) atoms. The molecule has 2 N–H and O–H groups in total. The first-order chi connectivity index (χ1) is 12.2. The molecule has 0 saturated carbocycles. The molecule has 0 fully saturated rings. The average Bonchev–Trinajstić information content (AvgIpc) is 2.63. The summed E-state index contributed by atoms with van der Waals surface area (Å²) in [7, 11) is 0. The number of benzene rings is 2. The molecule has 124 valence electrons. The van der Waals surface area contributed by atoms with Gasteiger partial charge in [0, 0.05) is 16.9 Å². The second-order valence-corrected chi connectivity index (χ2v) is 6.05. The summed E-state index contributed by atoms with van der Waals surface area (Å²) in [4.78, 5) is 15.8. The number of ether oxygens (including phenoxy) is 1. The van der Waals surface area contributed by atoms with Gasteiger partial charge in [-0.3, -0.25) is 4.79 Å². The maximum Gasteiger partial charge on any atom is 0.262 e. The van der Waals surface area contributed by atoms with E-state index in [0.717, 1.165) is 22.6 Å². The number of hydrogen-bond acceptors (Lipinski definition) is 4. The molecule has 1 amide bonds. The van der Waals surface area contributed by atoms with Crippen LogP contribution in [0.2, 0.25) is 5.02 Å². The first-order valence-electron chi connectivity index (χ1n) is 7.73. The topological polar surface area (TPSA) is 63.2 Å². The van der Waals surface area contributed by atoms with Crippen molar-refractivity contribution in [2.45, 2.75) is 0 Å². The Kier molecular flexibility index (Phi) is 3.99. The summed E-state index contributed by atoms with van der Waals surface area (Å²) in [5.41, 5.74) is 3.53. The van der Waals surface area contributed by atoms with Gasteiger partial charge in [-0.1, -0.05) is 17.7 Å². The van der Waals surface area contributed by atoms with Crippen LogP contribution in [0.1, 0.15) is 0 Å². The number of rotatable bonds is 3. The van der Waals surface area contributed by atoms with Crippen LogP contribution in [-0.2, 0) is 4.79 Å². The van der Waals surface area contributed by atoms with Crippen LogP contribution in [-0.4, -0.2) is 17.5 Å². The fourth-order valence-corrected chi connectivity index (χ4v) is 2.75. The molecule has 2 heterocycles. The molecule has 0 spiro atoms. The molecule has 1 aliphatic rings. The van der Waals surface area contributed by atoms with E-state index in [1.165, 1.54) is 0 Å². The second kappa shape index (κ2) is 6.45. The Hall–Kier alpha value is -3.05. The quantitative estimate of drug-likeness (QED) is 0.730. The number of carbonyl (C=O) groups excluding carboxylic acids is 1. The van der Waals surface area contributed by atoms with Crippen LogP contribution in [0.15, 0.2) is 60.8 Å². The SMILES string of the molecule is O=C1COc2ccc(-c3ccnc(Nc4ccc(Cl)cc4)c3)cc2N1. The third-order valence-electron chi connectivity index (χ3n) is 3.82. The van der Waals surface area contributed by atoms with Crippen molar-refractivity contribution in [3.63, 3.8) is 0 Å². The second-order valence-electron chi connectivity index (χ2n) is 5.61. The van der Waals surface area contributed by atoms with Crippen LogP contribution in [0.4, 0.5) is 17.2 Å². The van der Waals surface area contributed by atoms with E-state index in [2.05, 4.69) is 15.6 Å². The highest BCUT2D eigenvalue weighted by molar-refractivity contribution is 6.30. The summed E-state index contributed by atoms with van der Waals surface area (Å²) in [6.07, 6.45) is 1.74. The Morgan fingerprint density at radius 1 is 1.04 bits per heavy atom. The van der Waals surface area contributed by atoms with Crippen molar-refractivity contribution in [2.24, 2.45) is 0 Å². The van der Waals surface area contributed by atoms with E-state index in [0.29, 0.717) is 16.5 Å². The van der Waals surface area contributed by atoms with Crippen molar-refractivity contribution >= 4 is 34.7 Å². The van der Waals surface area contributed by atoms with Crippen molar-refractivity contribution in [3.8, 4) is 16.9 Å². The highest BCUT2D eigenvalue weighted by atomic mass is 35.5. The van der Waals surface area contributed by atoms with E-state index < -0.39 is 0 Å². The Morgan fingerprint density at radius 2 is 1.84 bits per heavy atom. The smallest absolute Gasteiger partial charge is 0.262 e. The van der Waals surface area contributed by atoms with E-state index in [9.17, 15) is 4.79 Å². The lowest BCUT2D eigenvalue weighted by atomic mass is 10.1. The number of nitrogens with zero attached hydrogens (tertiary/aromatic N) is 1. The van der Waals surface area contributed by atoms with E-state index in [1.54, 1.807) is 6.20 Å². The first kappa shape index (κ1) is 15.5. The van der Waals surface area contributed by atoms with E-state index >= 15 is 0 Å². The zero-order valence-corrected chi connectivity index (χ0v) is 13.9. The minimum atomic E-state index is -0.149. The largest absolute Gasteiger partial charge is 0.482 e. The lowest BCUT2D eigenvalue weighted by molar-refractivity contribution is -0.118. The fourth-order valence-electron chi connectivity index (χ4n) is 2.62. The van der Waals surface area contributed by atoms with Gasteiger partial charge in [0.25, 0.3) is 5.91 Å². The third-order valence-corrected chi connectivity index (χ3v) is 4.07. The molecule has 2 aromatic carbocycles. The maximum atomic E-state index is 11.5. The summed E-state index contributed by atoms with van der Waals surface area (Å²) in [6.45, 7) is 0.0523. The van der Waals surface area contributed by atoms with Crippen LogP contribution in [0.5, 0.6) is 5.75 Å². The minimum absolute atomic E-state index is 0.0523. The lowest BCUT2D eigenvalue weighted by Gasteiger charge is -2.18. The van der Waals surface area contributed by atoms with Gasteiger partial charge in [0.1, 0.15) is 11.6 Å². The van der Waals surface area contributed by atoms with E-state index in [-0.39, 0.29) is 12.5 Å². The Morgan fingerprint density at radius 3 is 2.68 bits per heavy atom. The number of aromatic nitrogens is 1. The summed E-state index contributed by atoms with van der Waals surface area (Å²) < 4.78 is 5.39. The molecule has 0 aliphatic carbocycles. The summed E-state index contributed by atoms with van der Waals surface area (Å²) in [5.74, 6) is 1.25. The van der Waals surface area contributed by atoms with Gasteiger partial charge in [-0.25, -0.2) is 4.98 Å². The standard InChI is InChI=1S/C19H14ClN3O2/c20-14-2-4-15(5-3-14)22-18-10-13(7-8-21-18)12-1-6-17-16(9-12)23-19(24)11-25-17/h1-10H,11H2,(H,21,22)(H,23,24). The Labute approximate surface area is 149 Å². The van der Waals surface area contributed by atoms with Crippen LogP contribution in [0.3, 0.4) is 0 Å². The van der Waals surface area contributed by atoms with Crippen molar-refractivity contribution in [2.75, 3.05) is 17.2 Å². The van der Waals surface area contributed by atoms with Crippen LogP contribution in [0, 0.1) is 0 Å². The highest BCUT2D eigenvalue weighted by Crippen LogP contribution is 2.33. The van der Waals surface area contributed by atoms with Crippen molar-refractivity contribution in [1.82, 2.24) is 4.98 Å². The zero-order valence-electron chi connectivity index (χ0n) is 13.1. The molecule has 1 aliphatic heterocycles. The number of carbonyl (C=O) groups is 1. The Balaban J connectivity index is 1.62. The summed E-state index contributed by atoms with van der Waals surface area (Å²) >= 11 is 5.90. The molecule has 0 saturated heterocycles. The number of anilines is 3. The van der Waals surface area contributed by atoms with Crippen LogP contribution in [0.25, 0.3) is 11.1 Å². The van der Waals surface area contributed by atoms with Crippen LogP contribution < -0.4 is 15.4 Å². The van der Waals surface area contributed by atoms with Gasteiger partial charge in [-0.2, -0.15) is 0 Å². The van der Waals surface area contributed by atoms with Crippen molar-refractivity contribution < 1.29 is 9.53 Å². The van der Waals surface area contributed by atoms with Gasteiger partial charge in [0.05, 0.1) is 5.69 Å². The van der Waals surface area contributed by atoms with E-state index in [1.807, 2.05) is 54.6 Å². The molecule has 0 radical (unpaired) electrons. The van der Waals surface area contributed by atoms with Gasteiger partial charge < -0.3 is 15.4 Å². The lowest BCUT2D eigenvalue weighted by Crippen LogP contribution is -2.25. The molecule has 6 heteroatoms. The minimum Gasteiger partial charge on any atom is -0.482 e. The summed E-state index contributed by atoms with van der Waals surface area (Å²) in [5, 5.41) is 6.75. The van der Waals surface area contributed by atoms with Crippen molar-refractivity contribution in [3.05, 3.63) is 65.8 Å². The molecule has 0 bridgehead atoms. The average molecular weight is 352 g/mol. The predicted octanol–water partition coefficient (Wildman–Crippen LogP) is 4.48. The van der Waals surface area contributed by atoms with E-state index in [4.69, 9.17) is 16.3 Å². The van der Waals surface area contributed by atoms with Crippen molar-refractivity contribution in [1.29, 1.82) is 0 Å². The number of nitrogens with one attached hydrogen (secondary N) is 2. The molecule has 0 atom stereocenters.